The molecule has 45 heavy (non-hydrogen) atoms. The average molecular weight is 617 g/mol. The summed E-state index contributed by atoms with van der Waals surface area (Å²) in [7, 11) is 3.29. The van der Waals surface area contributed by atoms with Crippen LogP contribution in [0.2, 0.25) is 0 Å². The van der Waals surface area contributed by atoms with Gasteiger partial charge in [-0.15, -0.1) is 0 Å². The fourth-order valence-corrected chi connectivity index (χ4v) is 6.19. The highest BCUT2D eigenvalue weighted by Crippen LogP contribution is 2.37. The Kier molecular flexibility index (Phi) is 9.75. The zero-order valence-electron chi connectivity index (χ0n) is 26.8. The predicted octanol–water partition coefficient (Wildman–Crippen LogP) is 5.15. The van der Waals surface area contributed by atoms with E-state index in [0.29, 0.717) is 43.9 Å². The van der Waals surface area contributed by atoms with Crippen molar-refractivity contribution in [2.45, 2.75) is 39.3 Å². The summed E-state index contributed by atoms with van der Waals surface area (Å²) in [4.78, 5) is 14.7. The number of fused-ring (bicyclic) bond motifs is 1. The molecule has 0 atom stereocenters. The summed E-state index contributed by atoms with van der Waals surface area (Å²) in [6.07, 6.45) is 6.01. The second kappa shape index (κ2) is 14.3. The van der Waals surface area contributed by atoms with E-state index in [-0.39, 0.29) is 6.04 Å². The monoisotopic (exact) mass is 616 g/mol. The van der Waals surface area contributed by atoms with Crippen molar-refractivity contribution >= 4 is 22.7 Å². The average Bonchev–Trinajstić information content (AvgIpc) is 3.60. The van der Waals surface area contributed by atoms with E-state index in [0.717, 1.165) is 79.5 Å². The van der Waals surface area contributed by atoms with E-state index in [1.165, 1.54) is 5.56 Å². The molecule has 0 aliphatic carbocycles. The van der Waals surface area contributed by atoms with E-state index in [1.54, 1.807) is 14.2 Å². The summed E-state index contributed by atoms with van der Waals surface area (Å²) in [5.41, 5.74) is 2.95. The number of morpholine rings is 1. The molecule has 0 amide bonds. The van der Waals surface area contributed by atoms with Crippen LogP contribution in [0, 0.1) is 0 Å². The molecule has 2 aromatic heterocycles. The molecular weight excluding hydrogens is 572 g/mol. The molecule has 0 radical (unpaired) electrons. The lowest BCUT2D eigenvalue weighted by Gasteiger charge is -2.33. The minimum Gasteiger partial charge on any atom is -0.493 e. The van der Waals surface area contributed by atoms with E-state index in [4.69, 9.17) is 33.7 Å². The van der Waals surface area contributed by atoms with Crippen LogP contribution in [0.1, 0.15) is 32.3 Å². The summed E-state index contributed by atoms with van der Waals surface area (Å²) in [5.74, 6) is 4.52. The van der Waals surface area contributed by atoms with Gasteiger partial charge >= 0.3 is 0 Å². The summed E-state index contributed by atoms with van der Waals surface area (Å²) >= 11 is 0. The number of piperidine rings is 1. The first-order valence-electron chi connectivity index (χ1n) is 15.9. The number of anilines is 2. The van der Waals surface area contributed by atoms with Crippen LogP contribution in [-0.2, 0) is 11.3 Å². The van der Waals surface area contributed by atoms with Gasteiger partial charge in [-0.25, -0.2) is 4.98 Å². The highest BCUT2D eigenvalue weighted by atomic mass is 16.5. The molecule has 240 valence electrons. The zero-order valence-corrected chi connectivity index (χ0v) is 26.8. The van der Waals surface area contributed by atoms with Gasteiger partial charge in [0.25, 0.3) is 0 Å². The van der Waals surface area contributed by atoms with E-state index >= 15 is 0 Å². The van der Waals surface area contributed by atoms with Gasteiger partial charge in [0.05, 0.1) is 46.2 Å². The third-order valence-electron chi connectivity index (χ3n) is 8.38. The number of rotatable bonds is 12. The number of aromatic nitrogens is 3. The van der Waals surface area contributed by atoms with Crippen molar-refractivity contribution in [3.63, 3.8) is 0 Å². The summed E-state index contributed by atoms with van der Waals surface area (Å²) < 4.78 is 31.1. The number of benzene rings is 2. The molecule has 4 heterocycles. The zero-order chi connectivity index (χ0) is 31.2. The Bertz CT molecular complexity index is 1540. The summed E-state index contributed by atoms with van der Waals surface area (Å²) in [6, 6.07) is 12.5. The van der Waals surface area contributed by atoms with Crippen LogP contribution in [0.5, 0.6) is 23.0 Å². The lowest BCUT2D eigenvalue weighted by Crippen LogP contribution is -2.39. The highest BCUT2D eigenvalue weighted by molar-refractivity contribution is 5.93. The van der Waals surface area contributed by atoms with Gasteiger partial charge in [-0.05, 0) is 62.6 Å². The lowest BCUT2D eigenvalue weighted by molar-refractivity contribution is 0.122. The maximum Gasteiger partial charge on any atom is 0.225 e. The molecule has 2 aliphatic rings. The molecule has 6 rings (SSSR count). The number of ether oxygens (including phenoxy) is 5. The number of nitrogens with zero attached hydrogens (tertiary/aromatic N) is 5. The van der Waals surface area contributed by atoms with Gasteiger partial charge in [-0.1, -0.05) is 0 Å². The van der Waals surface area contributed by atoms with Crippen LogP contribution in [0.4, 0.5) is 11.8 Å². The molecule has 2 fully saturated rings. The summed E-state index contributed by atoms with van der Waals surface area (Å²) in [5, 5.41) is 4.60. The molecule has 0 bridgehead atoms. The number of likely N-dealkylation sites (tertiary alicyclic amines) is 1. The number of hydrogen-bond donors (Lipinski definition) is 1. The van der Waals surface area contributed by atoms with E-state index in [9.17, 15) is 0 Å². The van der Waals surface area contributed by atoms with Gasteiger partial charge in [-0.2, -0.15) is 4.98 Å². The Morgan fingerprint density at radius 1 is 0.822 bits per heavy atom. The molecule has 2 aliphatic heterocycles. The van der Waals surface area contributed by atoms with Crippen LogP contribution in [0.25, 0.3) is 16.6 Å². The molecule has 0 saturated carbocycles. The van der Waals surface area contributed by atoms with Crippen LogP contribution >= 0.6 is 0 Å². The van der Waals surface area contributed by atoms with Crippen molar-refractivity contribution in [1.29, 1.82) is 0 Å². The molecule has 2 saturated heterocycles. The van der Waals surface area contributed by atoms with E-state index in [2.05, 4.69) is 31.8 Å². The number of nitrogens with one attached hydrogen (secondary N) is 1. The van der Waals surface area contributed by atoms with Gasteiger partial charge in [0.1, 0.15) is 23.0 Å². The molecule has 0 spiro atoms. The third-order valence-corrected chi connectivity index (χ3v) is 8.38. The first-order chi connectivity index (χ1) is 22.1. The minimum absolute atomic E-state index is 0.269. The Balaban J connectivity index is 1.17. The van der Waals surface area contributed by atoms with Crippen molar-refractivity contribution in [1.82, 2.24) is 19.4 Å². The molecule has 2 aromatic carbocycles. The maximum absolute atomic E-state index is 6.10. The molecule has 1 N–H and O–H groups in total. The normalized spacial score (nSPS) is 16.1. The lowest BCUT2D eigenvalue weighted by atomic mass is 10.0. The van der Waals surface area contributed by atoms with E-state index < -0.39 is 0 Å². The molecule has 4 aromatic rings. The largest absolute Gasteiger partial charge is 0.493 e. The van der Waals surface area contributed by atoms with Gasteiger partial charge < -0.3 is 38.5 Å². The smallest absolute Gasteiger partial charge is 0.225 e. The van der Waals surface area contributed by atoms with Gasteiger partial charge in [0, 0.05) is 62.6 Å². The molecular formula is C34H44N6O5. The van der Waals surface area contributed by atoms with Gasteiger partial charge in [0.2, 0.25) is 5.95 Å². The van der Waals surface area contributed by atoms with E-state index in [1.807, 2.05) is 50.5 Å². The standard InChI is InChI=1S/C34H44N6O5/c1-5-44-30-19-24(20-31(45-6-2)32(30)39-11-7-8-12-39)23-38-13-9-25(10-14-38)35-34-36-27-22-29(42-4)28(41-3)21-26(27)33(37-34)40-15-17-43-18-16-40/h7-8,11-12,19-22,25H,5-6,9-10,13-18,23H2,1-4H3,(H,35,36,37). The fourth-order valence-electron chi connectivity index (χ4n) is 6.19. The maximum atomic E-state index is 6.10. The molecule has 11 nitrogen and oxygen atoms in total. The van der Waals surface area contributed by atoms with Crippen molar-refractivity contribution in [2.24, 2.45) is 0 Å². The van der Waals surface area contributed by atoms with Crippen molar-refractivity contribution in [2.75, 3.05) is 77.0 Å². The second-order valence-electron chi connectivity index (χ2n) is 11.3. The SMILES string of the molecule is CCOc1cc(CN2CCC(Nc3nc(N4CCOCC4)c4cc(OC)c(OC)cc4n3)CC2)cc(OCC)c1-n1cccc1. The number of methoxy groups -OCH3 is 2. The van der Waals surface area contributed by atoms with Crippen molar-refractivity contribution in [3.8, 4) is 28.7 Å². The first-order valence-corrected chi connectivity index (χ1v) is 15.9. The Hall–Kier alpha value is -4.22. The van der Waals surface area contributed by atoms with Crippen LogP contribution < -0.4 is 29.2 Å². The van der Waals surface area contributed by atoms with Gasteiger partial charge in [-0.3, -0.25) is 4.90 Å². The number of hydrogen-bond acceptors (Lipinski definition) is 10. The summed E-state index contributed by atoms with van der Waals surface area (Å²) in [6.45, 7) is 10.9. The van der Waals surface area contributed by atoms with Crippen LogP contribution in [0.3, 0.4) is 0 Å². The second-order valence-corrected chi connectivity index (χ2v) is 11.3. The fraction of sp³-hybridized carbons (Fsp3) is 0.471. The molecule has 11 heteroatoms. The Labute approximate surface area is 265 Å². The quantitative estimate of drug-likeness (QED) is 0.230. The topological polar surface area (TPSA) is 95.4 Å². The Morgan fingerprint density at radius 3 is 2.09 bits per heavy atom. The molecule has 0 unspecified atom stereocenters. The predicted molar refractivity (Wildman–Crippen MR) is 176 cm³/mol. The van der Waals surface area contributed by atoms with Crippen molar-refractivity contribution in [3.05, 3.63) is 54.4 Å². The van der Waals surface area contributed by atoms with Crippen LogP contribution in [0.15, 0.2) is 48.8 Å². The highest BCUT2D eigenvalue weighted by Gasteiger charge is 2.24. The third kappa shape index (κ3) is 6.89. The minimum atomic E-state index is 0.269. The van der Waals surface area contributed by atoms with Crippen LogP contribution in [-0.4, -0.2) is 92.3 Å². The van der Waals surface area contributed by atoms with Crippen molar-refractivity contribution < 1.29 is 23.7 Å². The van der Waals surface area contributed by atoms with Gasteiger partial charge in [0.15, 0.2) is 11.5 Å². The Morgan fingerprint density at radius 2 is 1.47 bits per heavy atom. The first kappa shape index (κ1) is 30.8.